The summed E-state index contributed by atoms with van der Waals surface area (Å²) < 4.78 is 6.45. The largest absolute Gasteiger partial charge is 0.396 e. The van der Waals surface area contributed by atoms with Crippen molar-refractivity contribution in [3.05, 3.63) is 34.3 Å². The third-order valence-corrected chi connectivity index (χ3v) is 4.30. The smallest absolute Gasteiger partial charge is 0.250 e. The number of aliphatic hydroxyl groups is 1. The van der Waals surface area contributed by atoms with Gasteiger partial charge in [0.15, 0.2) is 0 Å². The van der Waals surface area contributed by atoms with Crippen molar-refractivity contribution < 1.29 is 14.6 Å². The minimum atomic E-state index is -0.451. The van der Waals surface area contributed by atoms with Gasteiger partial charge in [0.1, 0.15) is 6.10 Å². The third kappa shape index (κ3) is 4.51. The maximum absolute atomic E-state index is 12.4. The second-order valence-electron chi connectivity index (χ2n) is 5.22. The first-order chi connectivity index (χ1) is 10.1. The highest BCUT2D eigenvalue weighted by Crippen LogP contribution is 2.25. The Morgan fingerprint density at radius 3 is 3.00 bits per heavy atom. The van der Waals surface area contributed by atoms with Crippen molar-refractivity contribution in [1.82, 2.24) is 10.2 Å². The summed E-state index contributed by atoms with van der Waals surface area (Å²) in [6.07, 6.45) is 0.0177. The van der Waals surface area contributed by atoms with Crippen LogP contribution in [0.1, 0.15) is 18.0 Å². The fraction of sp³-hybridized carbons (Fsp3) is 0.533. The Labute approximate surface area is 133 Å². The predicted molar refractivity (Wildman–Crippen MR) is 84.0 cm³/mol. The monoisotopic (exact) mass is 356 g/mol. The van der Waals surface area contributed by atoms with E-state index in [1.807, 2.05) is 31.3 Å². The average molecular weight is 357 g/mol. The number of carbonyl (C=O) groups excluding carboxylic acids is 1. The molecule has 1 saturated heterocycles. The number of benzene rings is 1. The highest BCUT2D eigenvalue weighted by atomic mass is 79.9. The number of amides is 1. The van der Waals surface area contributed by atoms with Crippen molar-refractivity contribution in [2.75, 3.05) is 33.4 Å². The maximum Gasteiger partial charge on any atom is 0.250 e. The van der Waals surface area contributed by atoms with Gasteiger partial charge in [-0.25, -0.2) is 0 Å². The van der Waals surface area contributed by atoms with Crippen LogP contribution in [0, 0.1) is 0 Å². The average Bonchev–Trinajstić information content (AvgIpc) is 2.47. The highest BCUT2D eigenvalue weighted by Gasteiger charge is 2.27. The van der Waals surface area contributed by atoms with Crippen molar-refractivity contribution in [3.8, 4) is 0 Å². The molecule has 2 rings (SSSR count). The molecule has 5 nitrogen and oxygen atoms in total. The van der Waals surface area contributed by atoms with E-state index in [2.05, 4.69) is 26.1 Å². The van der Waals surface area contributed by atoms with Crippen LogP contribution in [-0.2, 0) is 9.53 Å². The number of morpholine rings is 1. The number of hydrogen-bond donors (Lipinski definition) is 2. The summed E-state index contributed by atoms with van der Waals surface area (Å²) in [6.45, 7) is 2.01. The quantitative estimate of drug-likeness (QED) is 0.835. The first-order valence-corrected chi connectivity index (χ1v) is 7.87. The molecule has 1 aromatic rings. The van der Waals surface area contributed by atoms with Gasteiger partial charge in [-0.1, -0.05) is 34.1 Å². The van der Waals surface area contributed by atoms with E-state index >= 15 is 0 Å². The number of ether oxygens (including phenoxy) is 1. The van der Waals surface area contributed by atoms with Crippen LogP contribution >= 0.6 is 15.9 Å². The normalized spacial score (nSPS) is 21.0. The number of hydrogen-bond acceptors (Lipinski definition) is 4. The van der Waals surface area contributed by atoms with Gasteiger partial charge in [0, 0.05) is 24.2 Å². The lowest BCUT2D eigenvalue weighted by molar-refractivity contribution is -0.138. The molecule has 0 saturated carbocycles. The topological polar surface area (TPSA) is 61.8 Å². The summed E-state index contributed by atoms with van der Waals surface area (Å²) >= 11 is 3.49. The molecule has 1 aliphatic rings. The Hall–Kier alpha value is -0.950. The van der Waals surface area contributed by atoms with Crippen LogP contribution < -0.4 is 5.32 Å². The van der Waals surface area contributed by atoms with Crippen LogP contribution in [0.5, 0.6) is 0 Å². The molecule has 0 bridgehead atoms. The van der Waals surface area contributed by atoms with Crippen LogP contribution in [0.4, 0.5) is 0 Å². The minimum Gasteiger partial charge on any atom is -0.396 e. The molecule has 0 aliphatic carbocycles. The van der Waals surface area contributed by atoms with E-state index in [0.29, 0.717) is 19.6 Å². The van der Waals surface area contributed by atoms with E-state index in [4.69, 9.17) is 4.74 Å². The number of aliphatic hydroxyl groups excluding tert-OH is 1. The molecule has 6 heteroatoms. The van der Waals surface area contributed by atoms with Gasteiger partial charge in [-0.05, 0) is 25.1 Å². The lowest BCUT2D eigenvalue weighted by atomic mass is 10.0. The lowest BCUT2D eigenvalue weighted by Crippen LogP contribution is -2.49. The summed E-state index contributed by atoms with van der Waals surface area (Å²) in [6, 6.07) is 7.48. The zero-order valence-electron chi connectivity index (χ0n) is 12.1. The Morgan fingerprint density at radius 2 is 2.33 bits per heavy atom. The summed E-state index contributed by atoms with van der Waals surface area (Å²) in [7, 11) is 1.97. The predicted octanol–water partition coefficient (Wildman–Crippen LogP) is 1.32. The fourth-order valence-electron chi connectivity index (χ4n) is 2.39. The molecule has 1 amide bonds. The molecule has 1 aliphatic heterocycles. The van der Waals surface area contributed by atoms with E-state index in [0.717, 1.165) is 16.6 Å². The van der Waals surface area contributed by atoms with Crippen LogP contribution in [-0.4, -0.2) is 55.4 Å². The Kier molecular flexibility index (Phi) is 6.17. The zero-order valence-corrected chi connectivity index (χ0v) is 13.7. The molecule has 116 valence electrons. The molecular formula is C15H21BrN2O3. The van der Waals surface area contributed by atoms with E-state index in [-0.39, 0.29) is 18.6 Å². The van der Waals surface area contributed by atoms with Gasteiger partial charge in [-0.15, -0.1) is 0 Å². The molecule has 2 atom stereocenters. The summed E-state index contributed by atoms with van der Waals surface area (Å²) in [4.78, 5) is 14.4. The van der Waals surface area contributed by atoms with Gasteiger partial charge in [0.25, 0.3) is 5.91 Å². The number of rotatable bonds is 5. The van der Waals surface area contributed by atoms with Crippen LogP contribution in [0.3, 0.4) is 0 Å². The molecule has 0 spiro atoms. The van der Waals surface area contributed by atoms with Gasteiger partial charge in [-0.2, -0.15) is 0 Å². The van der Waals surface area contributed by atoms with Gasteiger partial charge in [-0.3, -0.25) is 4.79 Å². The van der Waals surface area contributed by atoms with Crippen LogP contribution in [0.2, 0.25) is 0 Å². The molecule has 1 heterocycles. The van der Waals surface area contributed by atoms with E-state index in [9.17, 15) is 9.90 Å². The first kappa shape index (κ1) is 16.4. The second-order valence-corrected chi connectivity index (χ2v) is 6.07. The summed E-state index contributed by atoms with van der Waals surface area (Å²) in [5.41, 5.74) is 0.962. The SMILES string of the molecule is CN1CCOC(C(=O)NC(CCO)c2ccccc2Br)C1. The van der Waals surface area contributed by atoms with E-state index < -0.39 is 6.10 Å². The highest BCUT2D eigenvalue weighted by molar-refractivity contribution is 9.10. The lowest BCUT2D eigenvalue weighted by Gasteiger charge is -2.30. The molecule has 0 radical (unpaired) electrons. The van der Waals surface area contributed by atoms with Crippen molar-refractivity contribution in [1.29, 1.82) is 0 Å². The minimum absolute atomic E-state index is 0.0116. The molecular weight excluding hydrogens is 336 g/mol. The Morgan fingerprint density at radius 1 is 1.57 bits per heavy atom. The molecule has 2 N–H and O–H groups in total. The number of likely N-dealkylation sites (N-methyl/N-ethyl adjacent to an activating group) is 1. The standard InChI is InChI=1S/C15H21BrN2O3/c1-18-7-9-21-14(10-18)15(20)17-13(6-8-19)11-4-2-3-5-12(11)16/h2-5,13-14,19H,6-10H2,1H3,(H,17,20). The fourth-order valence-corrected chi connectivity index (χ4v) is 2.95. The van der Waals surface area contributed by atoms with Crippen molar-refractivity contribution in [2.45, 2.75) is 18.6 Å². The van der Waals surface area contributed by atoms with Crippen LogP contribution in [0.15, 0.2) is 28.7 Å². The second kappa shape index (κ2) is 7.89. The first-order valence-electron chi connectivity index (χ1n) is 7.07. The summed E-state index contributed by atoms with van der Waals surface area (Å²) in [5, 5.41) is 12.2. The van der Waals surface area contributed by atoms with Gasteiger partial charge in [0.05, 0.1) is 12.6 Å². The van der Waals surface area contributed by atoms with Crippen molar-refractivity contribution in [2.24, 2.45) is 0 Å². The summed E-state index contributed by atoms with van der Waals surface area (Å²) in [5.74, 6) is -0.129. The number of nitrogens with one attached hydrogen (secondary N) is 1. The number of carbonyl (C=O) groups is 1. The van der Waals surface area contributed by atoms with Gasteiger partial charge >= 0.3 is 0 Å². The molecule has 21 heavy (non-hydrogen) atoms. The number of halogens is 1. The third-order valence-electron chi connectivity index (χ3n) is 3.58. The zero-order chi connectivity index (χ0) is 15.2. The number of nitrogens with zero attached hydrogens (tertiary/aromatic N) is 1. The maximum atomic E-state index is 12.4. The molecule has 0 aromatic heterocycles. The molecule has 2 unspecified atom stereocenters. The van der Waals surface area contributed by atoms with E-state index in [1.165, 1.54) is 0 Å². The van der Waals surface area contributed by atoms with E-state index in [1.54, 1.807) is 0 Å². The van der Waals surface area contributed by atoms with Gasteiger partial charge < -0.3 is 20.1 Å². The van der Waals surface area contributed by atoms with Crippen molar-refractivity contribution in [3.63, 3.8) is 0 Å². The Balaban J connectivity index is 2.05. The van der Waals surface area contributed by atoms with Crippen molar-refractivity contribution >= 4 is 21.8 Å². The Bertz CT molecular complexity index is 484. The molecule has 1 aromatic carbocycles. The molecule has 1 fully saturated rings. The van der Waals surface area contributed by atoms with Crippen LogP contribution in [0.25, 0.3) is 0 Å². The van der Waals surface area contributed by atoms with Gasteiger partial charge in [0.2, 0.25) is 0 Å².